The topological polar surface area (TPSA) is 81.9 Å². The van der Waals surface area contributed by atoms with Crippen molar-refractivity contribution in [3.8, 4) is 11.1 Å². The SMILES string of the molecule is O=C(N[C@@H](Cn1cnnn1)c1ccccc1)OCC1c2ccccc2-c2ccccc21. The molecular formula is C24H21N5O2. The van der Waals surface area contributed by atoms with Crippen molar-refractivity contribution < 1.29 is 9.53 Å². The van der Waals surface area contributed by atoms with Crippen molar-refractivity contribution in [1.82, 2.24) is 25.5 Å². The Kier molecular flexibility index (Phi) is 5.14. The molecule has 1 amide bonds. The fourth-order valence-corrected chi connectivity index (χ4v) is 4.15. The number of ether oxygens (including phenoxy) is 1. The van der Waals surface area contributed by atoms with Gasteiger partial charge >= 0.3 is 6.09 Å². The molecule has 0 saturated carbocycles. The van der Waals surface area contributed by atoms with Crippen LogP contribution in [0.5, 0.6) is 0 Å². The Morgan fingerprint density at radius 3 is 2.23 bits per heavy atom. The Morgan fingerprint density at radius 1 is 0.935 bits per heavy atom. The molecule has 1 atom stereocenters. The van der Waals surface area contributed by atoms with Gasteiger partial charge in [0.05, 0.1) is 12.6 Å². The van der Waals surface area contributed by atoms with Gasteiger partial charge < -0.3 is 10.1 Å². The minimum atomic E-state index is -0.469. The highest BCUT2D eigenvalue weighted by molar-refractivity contribution is 5.79. The number of carbonyl (C=O) groups excluding carboxylic acids is 1. The van der Waals surface area contributed by atoms with E-state index in [0.29, 0.717) is 6.54 Å². The Morgan fingerprint density at radius 2 is 1.58 bits per heavy atom. The van der Waals surface area contributed by atoms with E-state index in [2.05, 4.69) is 45.1 Å². The van der Waals surface area contributed by atoms with Gasteiger partial charge in [-0.15, -0.1) is 5.10 Å². The maximum atomic E-state index is 12.7. The summed E-state index contributed by atoms with van der Waals surface area (Å²) < 4.78 is 7.28. The molecule has 5 rings (SSSR count). The lowest BCUT2D eigenvalue weighted by Gasteiger charge is -2.20. The molecule has 3 aromatic carbocycles. The van der Waals surface area contributed by atoms with Crippen LogP contribution in [0.1, 0.15) is 28.7 Å². The zero-order chi connectivity index (χ0) is 21.0. The molecular weight excluding hydrogens is 390 g/mol. The van der Waals surface area contributed by atoms with Gasteiger partial charge in [-0.3, -0.25) is 0 Å². The fraction of sp³-hybridized carbons (Fsp3) is 0.167. The lowest BCUT2D eigenvalue weighted by molar-refractivity contribution is 0.137. The second-order valence-corrected chi connectivity index (χ2v) is 7.47. The molecule has 0 spiro atoms. The second kappa shape index (κ2) is 8.39. The number of fused-ring (bicyclic) bond motifs is 3. The van der Waals surface area contributed by atoms with Gasteiger partial charge in [-0.25, -0.2) is 9.48 Å². The third-order valence-corrected chi connectivity index (χ3v) is 5.60. The lowest BCUT2D eigenvalue weighted by Crippen LogP contribution is -2.33. The molecule has 4 aromatic rings. The molecule has 0 aliphatic heterocycles. The van der Waals surface area contributed by atoms with Crippen LogP contribution in [-0.4, -0.2) is 32.9 Å². The van der Waals surface area contributed by atoms with Crippen molar-refractivity contribution in [2.24, 2.45) is 0 Å². The summed E-state index contributed by atoms with van der Waals surface area (Å²) in [5, 5.41) is 14.2. The normalized spacial score (nSPS) is 13.3. The van der Waals surface area contributed by atoms with E-state index in [1.54, 1.807) is 4.68 Å². The highest BCUT2D eigenvalue weighted by Gasteiger charge is 2.29. The average molecular weight is 411 g/mol. The highest BCUT2D eigenvalue weighted by Crippen LogP contribution is 2.44. The van der Waals surface area contributed by atoms with Crippen molar-refractivity contribution in [3.05, 3.63) is 102 Å². The maximum absolute atomic E-state index is 12.7. The molecule has 1 N–H and O–H groups in total. The summed E-state index contributed by atoms with van der Waals surface area (Å²) in [4.78, 5) is 12.7. The zero-order valence-electron chi connectivity index (χ0n) is 16.8. The van der Waals surface area contributed by atoms with E-state index in [1.165, 1.54) is 28.6 Å². The van der Waals surface area contributed by atoms with Crippen LogP contribution in [0, 0.1) is 0 Å². The number of carbonyl (C=O) groups is 1. The highest BCUT2D eigenvalue weighted by atomic mass is 16.5. The van der Waals surface area contributed by atoms with Gasteiger partial charge in [-0.1, -0.05) is 78.9 Å². The first-order valence-electron chi connectivity index (χ1n) is 10.2. The van der Waals surface area contributed by atoms with Crippen LogP contribution in [0.4, 0.5) is 4.79 Å². The van der Waals surface area contributed by atoms with Crippen LogP contribution in [0.2, 0.25) is 0 Å². The molecule has 0 fully saturated rings. The van der Waals surface area contributed by atoms with Crippen LogP contribution in [0.15, 0.2) is 85.2 Å². The number of rotatable bonds is 6. The van der Waals surface area contributed by atoms with Crippen LogP contribution >= 0.6 is 0 Å². The molecule has 0 bridgehead atoms. The molecule has 1 aromatic heterocycles. The van der Waals surface area contributed by atoms with Crippen LogP contribution in [0.25, 0.3) is 11.1 Å². The van der Waals surface area contributed by atoms with E-state index in [-0.39, 0.29) is 18.6 Å². The van der Waals surface area contributed by atoms with E-state index in [9.17, 15) is 4.79 Å². The molecule has 1 aliphatic rings. The van der Waals surface area contributed by atoms with E-state index in [4.69, 9.17) is 4.74 Å². The summed E-state index contributed by atoms with van der Waals surface area (Å²) >= 11 is 0. The molecule has 7 heteroatoms. The summed E-state index contributed by atoms with van der Waals surface area (Å²) in [6.07, 6.45) is 1.05. The van der Waals surface area contributed by atoms with Gasteiger partial charge in [0.15, 0.2) is 0 Å². The predicted octanol–water partition coefficient (Wildman–Crippen LogP) is 3.95. The Hall–Kier alpha value is -4.00. The van der Waals surface area contributed by atoms with Gasteiger partial charge in [0, 0.05) is 5.92 Å². The first-order valence-corrected chi connectivity index (χ1v) is 10.2. The van der Waals surface area contributed by atoms with E-state index in [1.807, 2.05) is 54.6 Å². The van der Waals surface area contributed by atoms with Crippen molar-refractivity contribution in [2.75, 3.05) is 6.61 Å². The summed E-state index contributed by atoms with van der Waals surface area (Å²) in [6.45, 7) is 0.674. The summed E-state index contributed by atoms with van der Waals surface area (Å²) in [5.74, 6) is 0.0211. The molecule has 0 unspecified atom stereocenters. The molecule has 154 valence electrons. The zero-order valence-corrected chi connectivity index (χ0v) is 16.8. The predicted molar refractivity (Wildman–Crippen MR) is 115 cm³/mol. The van der Waals surface area contributed by atoms with Crippen molar-refractivity contribution >= 4 is 6.09 Å². The number of nitrogens with one attached hydrogen (secondary N) is 1. The van der Waals surface area contributed by atoms with E-state index in [0.717, 1.165) is 5.56 Å². The fourth-order valence-electron chi connectivity index (χ4n) is 4.15. The molecule has 1 aliphatic carbocycles. The smallest absolute Gasteiger partial charge is 0.407 e. The standard InChI is InChI=1S/C24H21N5O2/c30-24(26-23(14-29-16-25-27-28-29)17-8-2-1-3-9-17)31-15-22-20-12-6-4-10-18(20)19-11-5-7-13-21(19)22/h1-13,16,22-23H,14-15H2,(H,26,30)/t23-/m0/s1. The quantitative estimate of drug-likeness (QED) is 0.519. The molecule has 1 heterocycles. The Balaban J connectivity index is 1.31. The number of alkyl carbamates (subject to hydrolysis) is 1. The van der Waals surface area contributed by atoms with Gasteiger partial charge in [0.1, 0.15) is 12.9 Å². The minimum Gasteiger partial charge on any atom is -0.449 e. The van der Waals surface area contributed by atoms with Crippen LogP contribution in [-0.2, 0) is 11.3 Å². The van der Waals surface area contributed by atoms with Crippen molar-refractivity contribution in [3.63, 3.8) is 0 Å². The van der Waals surface area contributed by atoms with Crippen LogP contribution in [0.3, 0.4) is 0 Å². The van der Waals surface area contributed by atoms with Crippen LogP contribution < -0.4 is 5.32 Å². The van der Waals surface area contributed by atoms with Crippen molar-refractivity contribution in [2.45, 2.75) is 18.5 Å². The lowest BCUT2D eigenvalue weighted by atomic mass is 9.98. The number of benzene rings is 3. The number of tetrazole rings is 1. The average Bonchev–Trinajstić information content (AvgIpc) is 3.44. The molecule has 0 saturated heterocycles. The summed E-state index contributed by atoms with van der Waals surface area (Å²) in [5.41, 5.74) is 5.72. The van der Waals surface area contributed by atoms with Gasteiger partial charge in [0.25, 0.3) is 0 Å². The van der Waals surface area contributed by atoms with Gasteiger partial charge in [-0.2, -0.15) is 0 Å². The first-order chi connectivity index (χ1) is 15.3. The second-order valence-electron chi connectivity index (χ2n) is 7.47. The Bertz CT molecular complexity index is 1130. The largest absolute Gasteiger partial charge is 0.449 e. The third kappa shape index (κ3) is 3.90. The van der Waals surface area contributed by atoms with Gasteiger partial charge in [0.2, 0.25) is 0 Å². The number of hydrogen-bond acceptors (Lipinski definition) is 5. The van der Waals surface area contributed by atoms with E-state index >= 15 is 0 Å². The molecule has 31 heavy (non-hydrogen) atoms. The number of nitrogens with zero attached hydrogens (tertiary/aromatic N) is 4. The van der Waals surface area contributed by atoms with Crippen molar-refractivity contribution in [1.29, 1.82) is 0 Å². The van der Waals surface area contributed by atoms with Gasteiger partial charge in [-0.05, 0) is 38.2 Å². The third-order valence-electron chi connectivity index (χ3n) is 5.60. The monoisotopic (exact) mass is 411 g/mol. The first kappa shape index (κ1) is 19.0. The summed E-state index contributed by atoms with van der Waals surface area (Å²) in [7, 11) is 0. The number of aromatic nitrogens is 4. The molecule has 7 nitrogen and oxygen atoms in total. The minimum absolute atomic E-state index is 0.0211. The molecule has 0 radical (unpaired) electrons. The Labute approximate surface area is 179 Å². The number of hydrogen-bond donors (Lipinski definition) is 1. The maximum Gasteiger partial charge on any atom is 0.407 e. The number of amides is 1. The van der Waals surface area contributed by atoms with E-state index < -0.39 is 6.09 Å². The summed E-state index contributed by atoms with van der Waals surface area (Å²) in [6, 6.07) is 26.0.